The molecule has 0 aliphatic heterocycles. The van der Waals surface area contributed by atoms with E-state index in [1.165, 1.54) is 60.3 Å². The van der Waals surface area contributed by atoms with Gasteiger partial charge in [-0.3, -0.25) is 4.79 Å². The molecule has 156 valence electrons. The summed E-state index contributed by atoms with van der Waals surface area (Å²) in [4.78, 5) is 12.1. The zero-order chi connectivity index (χ0) is 22.2. The minimum atomic E-state index is -0.344. The van der Waals surface area contributed by atoms with E-state index in [1.54, 1.807) is 0 Å². The van der Waals surface area contributed by atoms with Crippen molar-refractivity contribution in [3.63, 3.8) is 0 Å². The molecule has 0 fully saturated rings. The lowest BCUT2D eigenvalue weighted by atomic mass is 9.59. The second kappa shape index (κ2) is 5.29. The molecule has 0 spiro atoms. The second-order valence-electron chi connectivity index (χ2n) is 9.97. The van der Waals surface area contributed by atoms with Crippen molar-refractivity contribution >= 4 is 38.6 Å². The highest BCUT2D eigenvalue weighted by molar-refractivity contribution is 6.14. The molecule has 0 bridgehead atoms. The molecule has 3 aliphatic carbocycles. The number of aldehydes is 1. The monoisotopic (exact) mass is 430 g/mol. The molecule has 9 rings (SSSR count). The van der Waals surface area contributed by atoms with Crippen molar-refractivity contribution in [2.24, 2.45) is 0 Å². The van der Waals surface area contributed by atoms with Crippen LogP contribution in [0.4, 0.5) is 0 Å². The van der Waals surface area contributed by atoms with Crippen molar-refractivity contribution in [2.45, 2.75) is 10.8 Å². The quantitative estimate of drug-likeness (QED) is 0.251. The Labute approximate surface area is 196 Å². The van der Waals surface area contributed by atoms with E-state index in [9.17, 15) is 4.79 Å². The van der Waals surface area contributed by atoms with E-state index in [1.807, 2.05) is 6.07 Å². The van der Waals surface area contributed by atoms with E-state index in [-0.39, 0.29) is 10.8 Å². The third kappa shape index (κ3) is 1.43. The second-order valence-corrected chi connectivity index (χ2v) is 9.97. The van der Waals surface area contributed by atoms with E-state index in [4.69, 9.17) is 0 Å². The summed E-state index contributed by atoms with van der Waals surface area (Å²) in [6.07, 6.45) is 1.01. The Hall–Kier alpha value is -4.23. The molecule has 0 radical (unpaired) electrons. The van der Waals surface area contributed by atoms with Crippen molar-refractivity contribution in [1.29, 1.82) is 0 Å². The van der Waals surface area contributed by atoms with E-state index >= 15 is 0 Å². The number of hydrogen-bond donors (Lipinski definition) is 0. The molecule has 6 aromatic carbocycles. The van der Waals surface area contributed by atoms with Crippen LogP contribution in [0.3, 0.4) is 0 Å². The zero-order valence-corrected chi connectivity index (χ0v) is 18.3. The van der Waals surface area contributed by atoms with Crippen LogP contribution in [0, 0.1) is 0 Å². The summed E-state index contributed by atoms with van der Waals surface area (Å²) in [7, 11) is 0. The minimum absolute atomic E-state index is 0.344. The molecule has 0 unspecified atom stereocenters. The smallest absolute Gasteiger partial charge is 0.150 e. The van der Waals surface area contributed by atoms with E-state index in [2.05, 4.69) is 97.1 Å². The van der Waals surface area contributed by atoms with Gasteiger partial charge in [-0.15, -0.1) is 0 Å². The average Bonchev–Trinajstić information content (AvgIpc) is 3.42. The van der Waals surface area contributed by atoms with Crippen LogP contribution in [0.5, 0.6) is 0 Å². The number of rotatable bonds is 1. The molecule has 0 heterocycles. The van der Waals surface area contributed by atoms with Gasteiger partial charge in [0.1, 0.15) is 0 Å². The first kappa shape index (κ1) is 17.3. The third-order valence-electron chi connectivity index (χ3n) is 9.00. The molecule has 0 aromatic heterocycles. The fraction of sp³-hybridized carbons (Fsp3) is 0.0606. The molecule has 0 amide bonds. The number of carbonyl (C=O) groups is 1. The van der Waals surface area contributed by atoms with Crippen molar-refractivity contribution in [1.82, 2.24) is 0 Å². The Morgan fingerprint density at radius 2 is 0.853 bits per heavy atom. The summed E-state index contributed by atoms with van der Waals surface area (Å²) in [6.45, 7) is 0. The van der Waals surface area contributed by atoms with Crippen molar-refractivity contribution < 1.29 is 4.79 Å². The standard InChI is InChI=1S/C33H18O/c34-18-21-16-17-28-31-22(21)10-5-15-27(31)32-23-11-1-6-19-8-3-13-25(29(19)23)33(28,32)26-14-4-9-20-7-2-12-24(32)30(20)26/h1-18H. The molecular formula is C33H18O. The summed E-state index contributed by atoms with van der Waals surface area (Å²) >= 11 is 0. The van der Waals surface area contributed by atoms with Crippen molar-refractivity contribution in [2.75, 3.05) is 0 Å². The number of benzene rings is 6. The van der Waals surface area contributed by atoms with Crippen LogP contribution in [0.2, 0.25) is 0 Å². The highest BCUT2D eigenvalue weighted by Gasteiger charge is 2.69. The van der Waals surface area contributed by atoms with Crippen LogP contribution >= 0.6 is 0 Å². The molecule has 6 aromatic rings. The largest absolute Gasteiger partial charge is 0.298 e. The van der Waals surface area contributed by atoms with E-state index in [0.717, 1.165) is 17.2 Å². The predicted octanol–water partition coefficient (Wildman–Crippen LogP) is 7.27. The molecule has 0 saturated carbocycles. The highest BCUT2D eigenvalue weighted by atomic mass is 16.1. The SMILES string of the molecule is O=Cc1ccc2c3c(cccc13)C13c4cccc5cccc(c45)C21c1cccc2cccc3c12. The van der Waals surface area contributed by atoms with Gasteiger partial charge in [0, 0.05) is 5.56 Å². The molecular weight excluding hydrogens is 412 g/mol. The molecule has 1 heteroatoms. The van der Waals surface area contributed by atoms with Gasteiger partial charge in [-0.25, -0.2) is 0 Å². The van der Waals surface area contributed by atoms with E-state index < -0.39 is 0 Å². The first-order valence-corrected chi connectivity index (χ1v) is 11.9. The fourth-order valence-electron chi connectivity index (χ4n) is 8.17. The van der Waals surface area contributed by atoms with Gasteiger partial charge in [-0.2, -0.15) is 0 Å². The van der Waals surface area contributed by atoms with Gasteiger partial charge < -0.3 is 0 Å². The third-order valence-corrected chi connectivity index (χ3v) is 9.00. The van der Waals surface area contributed by atoms with Gasteiger partial charge in [0.05, 0.1) is 10.8 Å². The lowest BCUT2D eigenvalue weighted by Crippen LogP contribution is -2.42. The Bertz CT molecular complexity index is 1760. The van der Waals surface area contributed by atoms with Gasteiger partial charge in [-0.1, -0.05) is 103 Å². The van der Waals surface area contributed by atoms with Crippen molar-refractivity contribution in [3.8, 4) is 0 Å². The maximum Gasteiger partial charge on any atom is 0.150 e. The van der Waals surface area contributed by atoms with Crippen LogP contribution in [-0.2, 0) is 10.8 Å². The number of hydrogen-bond acceptors (Lipinski definition) is 1. The first-order valence-electron chi connectivity index (χ1n) is 11.9. The summed E-state index contributed by atoms with van der Waals surface area (Å²) in [5.74, 6) is 0. The normalized spacial score (nSPS) is 22.5. The predicted molar refractivity (Wildman–Crippen MR) is 137 cm³/mol. The van der Waals surface area contributed by atoms with Gasteiger partial charge >= 0.3 is 0 Å². The Kier molecular flexibility index (Phi) is 2.69. The number of carbonyl (C=O) groups excluding carboxylic acids is 1. The van der Waals surface area contributed by atoms with Crippen LogP contribution in [0.1, 0.15) is 43.7 Å². The lowest BCUT2D eigenvalue weighted by Gasteiger charge is -2.40. The molecule has 3 aliphatic rings. The van der Waals surface area contributed by atoms with Gasteiger partial charge in [-0.05, 0) is 65.7 Å². The van der Waals surface area contributed by atoms with Crippen molar-refractivity contribution in [3.05, 3.63) is 142 Å². The Morgan fingerprint density at radius 3 is 1.32 bits per heavy atom. The molecule has 0 N–H and O–H groups in total. The summed E-state index contributed by atoms with van der Waals surface area (Å²) in [5, 5.41) is 7.69. The summed E-state index contributed by atoms with van der Waals surface area (Å²) in [5.41, 5.74) is 8.30. The lowest BCUT2D eigenvalue weighted by molar-refractivity contribution is 0.112. The molecule has 34 heavy (non-hydrogen) atoms. The fourth-order valence-corrected chi connectivity index (χ4v) is 8.17. The Balaban J connectivity index is 1.66. The topological polar surface area (TPSA) is 17.1 Å². The minimum Gasteiger partial charge on any atom is -0.298 e. The summed E-state index contributed by atoms with van der Waals surface area (Å²) in [6, 6.07) is 38.1. The van der Waals surface area contributed by atoms with Crippen LogP contribution in [-0.4, -0.2) is 6.29 Å². The maximum atomic E-state index is 12.1. The van der Waals surface area contributed by atoms with Gasteiger partial charge in [0.2, 0.25) is 0 Å². The molecule has 1 nitrogen and oxygen atoms in total. The average molecular weight is 431 g/mol. The maximum absolute atomic E-state index is 12.1. The highest BCUT2D eigenvalue weighted by Crippen LogP contribution is 2.75. The Morgan fingerprint density at radius 1 is 0.441 bits per heavy atom. The zero-order valence-electron chi connectivity index (χ0n) is 18.3. The van der Waals surface area contributed by atoms with Crippen LogP contribution in [0.25, 0.3) is 32.3 Å². The van der Waals surface area contributed by atoms with Crippen LogP contribution in [0.15, 0.2) is 103 Å². The van der Waals surface area contributed by atoms with E-state index in [0.29, 0.717) is 0 Å². The first-order chi connectivity index (χ1) is 16.8. The molecule has 0 atom stereocenters. The van der Waals surface area contributed by atoms with Crippen LogP contribution < -0.4 is 0 Å². The summed E-state index contributed by atoms with van der Waals surface area (Å²) < 4.78 is 0. The van der Waals surface area contributed by atoms with Gasteiger partial charge in [0.25, 0.3) is 0 Å². The molecule has 0 saturated heterocycles. The van der Waals surface area contributed by atoms with Gasteiger partial charge in [0.15, 0.2) is 6.29 Å².